The molecular weight excluding hydrogens is 476 g/mol. The van der Waals surface area contributed by atoms with Gasteiger partial charge in [-0.1, -0.05) is 38.1 Å². The molecule has 1 N–H and O–H groups in total. The summed E-state index contributed by atoms with van der Waals surface area (Å²) in [5, 5.41) is 15.4. The molecule has 2 aromatic rings. The Kier molecular flexibility index (Phi) is 6.58. The molecule has 2 aromatic carbocycles. The summed E-state index contributed by atoms with van der Waals surface area (Å²) < 4.78 is 35.7. The van der Waals surface area contributed by atoms with Crippen LogP contribution in [0.2, 0.25) is 0 Å². The van der Waals surface area contributed by atoms with Gasteiger partial charge in [0.25, 0.3) is 5.91 Å². The van der Waals surface area contributed by atoms with Gasteiger partial charge in [-0.15, -0.1) is 0 Å². The predicted molar refractivity (Wildman–Crippen MR) is 132 cm³/mol. The predicted octanol–water partition coefficient (Wildman–Crippen LogP) is 4.13. The Hall–Kier alpha value is -3.44. The number of fused-ring (bicyclic) bond motifs is 1. The molecule has 0 saturated carbocycles. The van der Waals surface area contributed by atoms with E-state index in [9.17, 15) is 13.2 Å². The second kappa shape index (κ2) is 9.43. The molecule has 34 heavy (non-hydrogen) atoms. The van der Waals surface area contributed by atoms with Crippen LogP contribution in [0, 0.1) is 11.3 Å². The number of hydrazone groups is 1. The molecule has 176 valence electrons. The summed E-state index contributed by atoms with van der Waals surface area (Å²) in [7, 11) is -2.67. The fourth-order valence-corrected chi connectivity index (χ4v) is 5.28. The molecule has 11 heteroatoms. The molecule has 2 aliphatic rings. The van der Waals surface area contributed by atoms with Crippen LogP contribution in [0.15, 0.2) is 69.1 Å². The van der Waals surface area contributed by atoms with Crippen molar-refractivity contribution in [3.63, 3.8) is 0 Å². The van der Waals surface area contributed by atoms with Crippen molar-refractivity contribution in [1.82, 2.24) is 5.01 Å². The largest absolute Gasteiger partial charge is 0.493 e. The van der Waals surface area contributed by atoms with E-state index in [2.05, 4.69) is 23.9 Å². The van der Waals surface area contributed by atoms with Gasteiger partial charge >= 0.3 is 10.1 Å². The van der Waals surface area contributed by atoms with Crippen LogP contribution < -0.4 is 8.92 Å². The molecule has 0 saturated heterocycles. The molecule has 0 atom stereocenters. The molecule has 4 rings (SSSR count). The van der Waals surface area contributed by atoms with Gasteiger partial charge in [-0.25, -0.2) is 0 Å². The molecule has 0 spiro atoms. The number of amidine groups is 2. The number of carbonyl (C=O) groups is 1. The van der Waals surface area contributed by atoms with E-state index >= 15 is 0 Å². The Bertz CT molecular complexity index is 1350. The van der Waals surface area contributed by atoms with Crippen molar-refractivity contribution in [3.8, 4) is 11.5 Å². The van der Waals surface area contributed by atoms with Gasteiger partial charge in [0.05, 0.1) is 12.7 Å². The van der Waals surface area contributed by atoms with E-state index in [4.69, 9.17) is 14.3 Å². The van der Waals surface area contributed by atoms with Crippen LogP contribution >= 0.6 is 11.8 Å². The maximum Gasteiger partial charge on any atom is 0.339 e. The minimum atomic E-state index is -4.05. The lowest BCUT2D eigenvalue weighted by Gasteiger charge is -2.20. The van der Waals surface area contributed by atoms with Gasteiger partial charge in [-0.3, -0.25) is 10.2 Å². The third kappa shape index (κ3) is 4.90. The molecule has 0 unspecified atom stereocenters. The number of benzene rings is 2. The number of nitrogens with zero attached hydrogens (tertiary/aromatic N) is 3. The van der Waals surface area contributed by atoms with Crippen molar-refractivity contribution in [2.75, 3.05) is 7.11 Å². The number of rotatable bonds is 7. The molecule has 0 aliphatic carbocycles. The van der Waals surface area contributed by atoms with Gasteiger partial charge < -0.3 is 8.92 Å². The Morgan fingerprint density at radius 1 is 1.15 bits per heavy atom. The maximum atomic E-state index is 12.6. The fraction of sp³-hybridized carbons (Fsp3) is 0.217. The molecule has 1 amide bonds. The standard InChI is InChI=1S/C23H22N4O5S2/c1-14(2)11-20-26-27-21(24)17(22(28)25-23(27)33-20)12-15-9-10-18(19(13-15)31-3)32-34(29,30)16-7-5-4-6-8-16/h4-10,12-14,24H,11H2,1-3H3/b17-12-,24-21?. The van der Waals surface area contributed by atoms with Crippen molar-refractivity contribution in [1.29, 1.82) is 5.41 Å². The Morgan fingerprint density at radius 3 is 2.56 bits per heavy atom. The number of hydrogen-bond acceptors (Lipinski definition) is 8. The highest BCUT2D eigenvalue weighted by atomic mass is 32.2. The van der Waals surface area contributed by atoms with Crippen molar-refractivity contribution < 1.29 is 22.1 Å². The highest BCUT2D eigenvalue weighted by molar-refractivity contribution is 8.26. The van der Waals surface area contributed by atoms with Gasteiger partial charge in [0.2, 0.25) is 5.17 Å². The summed E-state index contributed by atoms with van der Waals surface area (Å²) in [6, 6.07) is 12.3. The summed E-state index contributed by atoms with van der Waals surface area (Å²) >= 11 is 1.29. The molecule has 0 fully saturated rings. The maximum absolute atomic E-state index is 12.6. The van der Waals surface area contributed by atoms with Gasteiger partial charge in [0.1, 0.15) is 9.94 Å². The van der Waals surface area contributed by atoms with Crippen LogP contribution in [0.4, 0.5) is 0 Å². The molecule has 2 aliphatic heterocycles. The van der Waals surface area contributed by atoms with E-state index in [0.717, 1.165) is 11.5 Å². The normalized spacial score (nSPS) is 17.1. The summed E-state index contributed by atoms with van der Waals surface area (Å²) in [5.41, 5.74) is 0.567. The Labute approximate surface area is 201 Å². The van der Waals surface area contributed by atoms with E-state index in [0.29, 0.717) is 16.6 Å². The molecule has 0 radical (unpaired) electrons. The SMILES string of the molecule is COc1cc(/C=C2/C(=N)N3N=C(CC(C)C)SC3=NC2=O)ccc1OS(=O)(=O)c1ccccc1. The number of hydrogen-bond donors (Lipinski definition) is 1. The van der Waals surface area contributed by atoms with Gasteiger partial charge in [-0.2, -0.15) is 23.5 Å². The first-order valence-corrected chi connectivity index (χ1v) is 12.6. The highest BCUT2D eigenvalue weighted by Gasteiger charge is 2.35. The van der Waals surface area contributed by atoms with Crippen molar-refractivity contribution in [2.24, 2.45) is 16.0 Å². The first-order valence-electron chi connectivity index (χ1n) is 10.3. The number of methoxy groups -OCH3 is 1. The van der Waals surface area contributed by atoms with E-state index in [1.807, 2.05) is 0 Å². The van der Waals surface area contributed by atoms with Crippen molar-refractivity contribution >= 4 is 49.9 Å². The smallest absolute Gasteiger partial charge is 0.339 e. The van der Waals surface area contributed by atoms with Gasteiger partial charge in [0, 0.05) is 6.42 Å². The molecule has 0 aromatic heterocycles. The van der Waals surface area contributed by atoms with Crippen molar-refractivity contribution in [2.45, 2.75) is 25.2 Å². The third-order valence-corrected chi connectivity index (χ3v) is 6.99. The highest BCUT2D eigenvalue weighted by Crippen LogP contribution is 2.33. The first kappa shape index (κ1) is 23.7. The van der Waals surface area contributed by atoms with Crippen LogP contribution in [-0.2, 0) is 14.9 Å². The van der Waals surface area contributed by atoms with E-state index in [1.165, 1.54) is 54.2 Å². The van der Waals surface area contributed by atoms with Crippen molar-refractivity contribution in [3.05, 3.63) is 59.7 Å². The topological polar surface area (TPSA) is 121 Å². The lowest BCUT2D eigenvalue weighted by Crippen LogP contribution is -2.35. The molecule has 0 bridgehead atoms. The fourth-order valence-electron chi connectivity index (χ4n) is 3.23. The van der Waals surface area contributed by atoms with Gasteiger partial charge in [-0.05, 0) is 53.6 Å². The van der Waals surface area contributed by atoms with E-state index in [-0.39, 0.29) is 27.8 Å². The summed E-state index contributed by atoms with van der Waals surface area (Å²) in [6.07, 6.45) is 2.22. The van der Waals surface area contributed by atoms with E-state index in [1.54, 1.807) is 24.3 Å². The van der Waals surface area contributed by atoms with Crippen LogP contribution in [0.1, 0.15) is 25.8 Å². The Balaban J connectivity index is 1.61. The average molecular weight is 499 g/mol. The average Bonchev–Trinajstić information content (AvgIpc) is 3.19. The molecule has 2 heterocycles. The molecular formula is C23H22N4O5S2. The summed E-state index contributed by atoms with van der Waals surface area (Å²) in [5.74, 6) is -0.0885. The minimum absolute atomic E-state index is 0.00210. The van der Waals surface area contributed by atoms with Crippen LogP contribution in [0.5, 0.6) is 11.5 Å². The third-order valence-electron chi connectivity index (χ3n) is 4.81. The second-order valence-electron chi connectivity index (χ2n) is 7.87. The van der Waals surface area contributed by atoms with Crippen LogP contribution in [0.25, 0.3) is 6.08 Å². The summed E-state index contributed by atoms with van der Waals surface area (Å²) in [4.78, 5) is 16.7. The number of aliphatic imine (C=N–C) groups is 1. The Morgan fingerprint density at radius 2 is 1.88 bits per heavy atom. The van der Waals surface area contributed by atoms with Gasteiger partial charge in [0.15, 0.2) is 17.3 Å². The van der Waals surface area contributed by atoms with E-state index < -0.39 is 16.0 Å². The minimum Gasteiger partial charge on any atom is -0.493 e. The first-order chi connectivity index (χ1) is 16.2. The zero-order valence-electron chi connectivity index (χ0n) is 18.7. The number of nitrogens with one attached hydrogen (secondary N) is 1. The summed E-state index contributed by atoms with van der Waals surface area (Å²) in [6.45, 7) is 4.13. The van der Waals surface area contributed by atoms with Crippen LogP contribution in [-0.4, -0.2) is 42.5 Å². The second-order valence-corrected chi connectivity index (χ2v) is 10.5. The number of amides is 1. The number of carbonyl (C=O) groups excluding carboxylic acids is 1. The van der Waals surface area contributed by atoms with Crippen LogP contribution in [0.3, 0.4) is 0 Å². The molecule has 9 nitrogen and oxygen atoms in total. The monoisotopic (exact) mass is 498 g/mol. The number of thioether (sulfide) groups is 1. The number of ether oxygens (including phenoxy) is 1. The quantitative estimate of drug-likeness (QED) is 0.450. The zero-order valence-corrected chi connectivity index (χ0v) is 20.3. The lowest BCUT2D eigenvalue weighted by atomic mass is 10.1. The lowest BCUT2D eigenvalue weighted by molar-refractivity contribution is -0.114. The zero-order chi connectivity index (χ0) is 24.5.